The van der Waals surface area contributed by atoms with Gasteiger partial charge in [0.15, 0.2) is 0 Å². The third-order valence-electron chi connectivity index (χ3n) is 5.07. The zero-order valence-corrected chi connectivity index (χ0v) is 11.3. The summed E-state index contributed by atoms with van der Waals surface area (Å²) in [6.45, 7) is 6.56. The van der Waals surface area contributed by atoms with Gasteiger partial charge in [-0.25, -0.2) is 0 Å². The Morgan fingerprint density at radius 3 is 2.78 bits per heavy atom. The van der Waals surface area contributed by atoms with Gasteiger partial charge in [-0.15, -0.1) is 0 Å². The Morgan fingerprint density at radius 2 is 1.94 bits per heavy atom. The van der Waals surface area contributed by atoms with Gasteiger partial charge in [0.25, 0.3) is 0 Å². The van der Waals surface area contributed by atoms with E-state index < -0.39 is 0 Å². The molecule has 1 aromatic heterocycles. The minimum absolute atomic E-state index is 0.00285. The maximum atomic E-state index is 5.92. The van der Waals surface area contributed by atoms with Gasteiger partial charge in [-0.2, -0.15) is 0 Å². The fourth-order valence-electron chi connectivity index (χ4n) is 3.45. The Bertz CT molecular complexity index is 506. The monoisotopic (exact) mass is 248 g/mol. The van der Waals surface area contributed by atoms with Gasteiger partial charge in [0.05, 0.1) is 29.7 Å². The molecule has 3 aliphatic rings. The molecule has 0 unspecified atom stereocenters. The van der Waals surface area contributed by atoms with Crippen LogP contribution in [0.25, 0.3) is 0 Å². The molecule has 3 heteroatoms. The molecule has 2 saturated heterocycles. The largest absolute Gasteiger partial charge is 0.469 e. The lowest BCUT2D eigenvalue weighted by atomic mass is 9.88. The summed E-state index contributed by atoms with van der Waals surface area (Å²) in [4.78, 5) is 0. The molecule has 0 bridgehead atoms. The Labute approximate surface area is 107 Å². The van der Waals surface area contributed by atoms with Crippen molar-refractivity contribution < 1.29 is 13.9 Å². The van der Waals surface area contributed by atoms with Crippen LogP contribution in [0.1, 0.15) is 43.6 Å². The number of aryl methyl sites for hydroxylation is 1. The van der Waals surface area contributed by atoms with E-state index in [1.165, 1.54) is 11.1 Å². The van der Waals surface area contributed by atoms with Crippen LogP contribution in [0.2, 0.25) is 0 Å². The molecule has 2 aliphatic heterocycles. The molecule has 4 rings (SSSR count). The van der Waals surface area contributed by atoms with Crippen molar-refractivity contribution in [2.45, 2.75) is 69.9 Å². The molecule has 98 valence electrons. The minimum Gasteiger partial charge on any atom is -0.469 e. The molecule has 2 fully saturated rings. The molecule has 0 spiro atoms. The summed E-state index contributed by atoms with van der Waals surface area (Å²) in [6, 6.07) is 0. The van der Waals surface area contributed by atoms with Crippen LogP contribution in [0.5, 0.6) is 0 Å². The predicted molar refractivity (Wildman–Crippen MR) is 66.6 cm³/mol. The standard InChI is InChI=1S/C15H20O3/c1-9-8-16-11-7-15(3)12(17-15)4-5-14(2)13(18-14)6-10(9)11/h8,12-13H,4-7H2,1-3H3/t12-,13+,14-,15+/m1/s1. The van der Waals surface area contributed by atoms with Crippen molar-refractivity contribution in [2.75, 3.05) is 0 Å². The van der Waals surface area contributed by atoms with E-state index in [4.69, 9.17) is 13.9 Å². The van der Waals surface area contributed by atoms with Crippen molar-refractivity contribution in [1.82, 2.24) is 0 Å². The van der Waals surface area contributed by atoms with Crippen LogP contribution >= 0.6 is 0 Å². The molecule has 0 amide bonds. The van der Waals surface area contributed by atoms with Crippen molar-refractivity contribution in [1.29, 1.82) is 0 Å². The molecule has 0 radical (unpaired) electrons. The molecule has 0 saturated carbocycles. The quantitative estimate of drug-likeness (QED) is 0.663. The molecule has 3 nitrogen and oxygen atoms in total. The third kappa shape index (κ3) is 1.50. The molecule has 18 heavy (non-hydrogen) atoms. The van der Waals surface area contributed by atoms with Crippen LogP contribution in [-0.2, 0) is 22.3 Å². The number of epoxide rings is 2. The number of ether oxygens (including phenoxy) is 2. The topological polar surface area (TPSA) is 38.2 Å². The highest BCUT2D eigenvalue weighted by Crippen LogP contribution is 2.50. The van der Waals surface area contributed by atoms with E-state index in [1.807, 2.05) is 6.26 Å². The van der Waals surface area contributed by atoms with E-state index in [0.717, 1.165) is 31.4 Å². The van der Waals surface area contributed by atoms with Crippen LogP contribution < -0.4 is 0 Å². The fraction of sp³-hybridized carbons (Fsp3) is 0.733. The van der Waals surface area contributed by atoms with Gasteiger partial charge in [-0.3, -0.25) is 0 Å². The van der Waals surface area contributed by atoms with Crippen LogP contribution in [0.15, 0.2) is 10.7 Å². The van der Waals surface area contributed by atoms with Crippen molar-refractivity contribution in [3.05, 3.63) is 23.2 Å². The van der Waals surface area contributed by atoms with Crippen molar-refractivity contribution in [3.63, 3.8) is 0 Å². The molecule has 3 heterocycles. The first kappa shape index (κ1) is 11.1. The van der Waals surface area contributed by atoms with Crippen LogP contribution in [-0.4, -0.2) is 23.4 Å². The van der Waals surface area contributed by atoms with Crippen LogP contribution in [0.4, 0.5) is 0 Å². The second-order valence-electron chi connectivity index (χ2n) is 6.58. The van der Waals surface area contributed by atoms with E-state index >= 15 is 0 Å². The molecule has 1 aliphatic carbocycles. The average molecular weight is 248 g/mol. The van der Waals surface area contributed by atoms with Crippen LogP contribution in [0.3, 0.4) is 0 Å². The van der Waals surface area contributed by atoms with Gasteiger partial charge in [-0.05, 0) is 44.7 Å². The predicted octanol–water partition coefficient (Wildman–Crippen LogP) is 2.78. The Kier molecular flexibility index (Phi) is 1.97. The van der Waals surface area contributed by atoms with Gasteiger partial charge >= 0.3 is 0 Å². The second-order valence-corrected chi connectivity index (χ2v) is 6.58. The minimum atomic E-state index is -0.00285. The fourth-order valence-corrected chi connectivity index (χ4v) is 3.45. The number of rotatable bonds is 0. The normalized spacial score (nSPS) is 45.7. The summed E-state index contributed by atoms with van der Waals surface area (Å²) in [5.74, 6) is 1.11. The summed E-state index contributed by atoms with van der Waals surface area (Å²) >= 11 is 0. The second kappa shape index (κ2) is 3.20. The lowest BCUT2D eigenvalue weighted by Crippen LogP contribution is -2.20. The lowest BCUT2D eigenvalue weighted by Gasteiger charge is -2.11. The van der Waals surface area contributed by atoms with Crippen molar-refractivity contribution >= 4 is 0 Å². The molecular formula is C15H20O3. The van der Waals surface area contributed by atoms with Crippen molar-refractivity contribution in [2.24, 2.45) is 0 Å². The molecule has 1 aromatic rings. The molecule has 0 aromatic carbocycles. The zero-order chi connectivity index (χ0) is 12.5. The molecule has 4 atom stereocenters. The number of furan rings is 1. The van der Waals surface area contributed by atoms with Gasteiger partial charge < -0.3 is 13.9 Å². The highest BCUT2D eigenvalue weighted by atomic mass is 16.6. The number of hydrogen-bond acceptors (Lipinski definition) is 3. The smallest absolute Gasteiger partial charge is 0.110 e. The summed E-state index contributed by atoms with van der Waals surface area (Å²) in [5, 5.41) is 0. The SMILES string of the molecule is Cc1coc2c1C[C@@H]1O[C@]1(C)CC[C@H]1O[C@@]1(C)C2. The van der Waals surface area contributed by atoms with Gasteiger partial charge in [0.1, 0.15) is 5.76 Å². The molecule has 0 N–H and O–H groups in total. The Hall–Kier alpha value is -0.800. The average Bonchev–Trinajstić information content (AvgIpc) is 3.11. The van der Waals surface area contributed by atoms with Gasteiger partial charge in [0, 0.05) is 12.8 Å². The van der Waals surface area contributed by atoms with Crippen molar-refractivity contribution in [3.8, 4) is 0 Å². The lowest BCUT2D eigenvalue weighted by molar-refractivity contribution is 0.268. The maximum Gasteiger partial charge on any atom is 0.110 e. The first-order chi connectivity index (χ1) is 8.50. The maximum absolute atomic E-state index is 5.92. The first-order valence-electron chi connectivity index (χ1n) is 6.92. The third-order valence-corrected chi connectivity index (χ3v) is 5.07. The Morgan fingerprint density at radius 1 is 1.17 bits per heavy atom. The van der Waals surface area contributed by atoms with E-state index in [0.29, 0.717) is 12.2 Å². The van der Waals surface area contributed by atoms with Gasteiger partial charge in [-0.1, -0.05) is 0 Å². The summed E-state index contributed by atoms with van der Waals surface area (Å²) < 4.78 is 17.6. The van der Waals surface area contributed by atoms with E-state index in [-0.39, 0.29) is 11.2 Å². The number of fused-ring (bicyclic) bond motifs is 3. The summed E-state index contributed by atoms with van der Waals surface area (Å²) in [5.41, 5.74) is 2.67. The van der Waals surface area contributed by atoms with E-state index in [2.05, 4.69) is 20.8 Å². The molecular weight excluding hydrogens is 228 g/mol. The van der Waals surface area contributed by atoms with Gasteiger partial charge in [0.2, 0.25) is 0 Å². The Balaban J connectivity index is 1.71. The van der Waals surface area contributed by atoms with Crippen LogP contribution in [0, 0.1) is 6.92 Å². The summed E-state index contributed by atoms with van der Waals surface area (Å²) in [6.07, 6.45) is 6.76. The van der Waals surface area contributed by atoms with E-state index in [9.17, 15) is 0 Å². The number of hydrogen-bond donors (Lipinski definition) is 0. The zero-order valence-electron chi connectivity index (χ0n) is 11.3. The highest BCUT2D eigenvalue weighted by Gasteiger charge is 2.58. The highest BCUT2D eigenvalue weighted by molar-refractivity contribution is 5.32. The summed E-state index contributed by atoms with van der Waals surface area (Å²) in [7, 11) is 0. The van der Waals surface area contributed by atoms with E-state index in [1.54, 1.807) is 0 Å². The first-order valence-corrected chi connectivity index (χ1v) is 6.92.